The first-order valence-corrected chi connectivity index (χ1v) is 8.73. The molecule has 0 amide bonds. The van der Waals surface area contributed by atoms with Crippen LogP contribution in [0.2, 0.25) is 0 Å². The zero-order valence-corrected chi connectivity index (χ0v) is 14.7. The van der Waals surface area contributed by atoms with Crippen LogP contribution in [0.4, 0.5) is 0 Å². The van der Waals surface area contributed by atoms with Crippen molar-refractivity contribution in [1.82, 2.24) is 9.55 Å². The van der Waals surface area contributed by atoms with Crippen molar-refractivity contribution < 1.29 is 19.1 Å². The number of fused-ring (bicyclic) bond motifs is 1. The molecule has 5 atom stereocenters. The second-order valence-electron chi connectivity index (χ2n) is 6.70. The lowest BCUT2D eigenvalue weighted by atomic mass is 9.60. The van der Waals surface area contributed by atoms with E-state index in [9.17, 15) is 9.59 Å². The summed E-state index contributed by atoms with van der Waals surface area (Å²) < 4.78 is 12.7. The molecule has 2 saturated carbocycles. The third-order valence-corrected chi connectivity index (χ3v) is 5.61. The molecule has 0 bridgehead atoms. The number of esters is 1. The minimum atomic E-state index is -0.325. The van der Waals surface area contributed by atoms with Gasteiger partial charge < -0.3 is 9.47 Å². The lowest BCUT2D eigenvalue weighted by molar-refractivity contribution is -0.161. The van der Waals surface area contributed by atoms with Gasteiger partial charge in [-0.25, -0.2) is 4.98 Å². The molecule has 0 N–H and O–H groups in total. The van der Waals surface area contributed by atoms with Gasteiger partial charge >= 0.3 is 5.97 Å². The molecule has 1 aromatic rings. The molecule has 7 heteroatoms. The molecular formula is C17H22N2O4S. The van der Waals surface area contributed by atoms with Crippen molar-refractivity contribution in [2.45, 2.75) is 38.7 Å². The van der Waals surface area contributed by atoms with Crippen LogP contribution in [-0.2, 0) is 19.1 Å². The quantitative estimate of drug-likeness (QED) is 0.602. The van der Waals surface area contributed by atoms with Gasteiger partial charge in [-0.1, -0.05) is 6.92 Å². The molecule has 2 aliphatic rings. The number of methoxy groups -OCH3 is 1. The molecule has 6 nitrogen and oxygen atoms in total. The molecule has 0 spiro atoms. The molecule has 0 aromatic carbocycles. The van der Waals surface area contributed by atoms with Gasteiger partial charge in [0, 0.05) is 30.7 Å². The van der Waals surface area contributed by atoms with Crippen LogP contribution in [0.5, 0.6) is 0 Å². The van der Waals surface area contributed by atoms with Crippen LogP contribution in [0.15, 0.2) is 18.7 Å². The summed E-state index contributed by atoms with van der Waals surface area (Å²) in [4.78, 5) is 28.8. The van der Waals surface area contributed by atoms with Crippen molar-refractivity contribution >= 4 is 29.1 Å². The Kier molecular flexibility index (Phi) is 4.99. The van der Waals surface area contributed by atoms with E-state index in [1.165, 1.54) is 7.11 Å². The largest absolute Gasteiger partial charge is 0.469 e. The fraction of sp³-hybridized carbons (Fsp3) is 0.647. The predicted octanol–water partition coefficient (Wildman–Crippen LogP) is 2.22. The van der Waals surface area contributed by atoms with Gasteiger partial charge in [0.05, 0.1) is 13.0 Å². The maximum atomic E-state index is 12.5. The summed E-state index contributed by atoms with van der Waals surface area (Å²) >= 11 is 5.34. The zero-order chi connectivity index (χ0) is 17.3. The summed E-state index contributed by atoms with van der Waals surface area (Å²) in [7, 11) is 1.40. The highest BCUT2D eigenvalue weighted by Gasteiger charge is 2.52. The number of rotatable bonds is 2. The van der Waals surface area contributed by atoms with Crippen LogP contribution in [0.3, 0.4) is 0 Å². The number of thiocarbonyl (C=S) groups is 1. The van der Waals surface area contributed by atoms with E-state index >= 15 is 0 Å². The molecule has 24 heavy (non-hydrogen) atoms. The normalized spacial score (nSPS) is 32.8. The average molecular weight is 350 g/mol. The molecule has 0 aliphatic heterocycles. The van der Waals surface area contributed by atoms with Gasteiger partial charge in [-0.05, 0) is 37.4 Å². The van der Waals surface area contributed by atoms with Crippen LogP contribution in [0.1, 0.15) is 32.6 Å². The zero-order valence-electron chi connectivity index (χ0n) is 13.9. The first kappa shape index (κ1) is 17.1. The third kappa shape index (κ3) is 3.09. The van der Waals surface area contributed by atoms with Crippen molar-refractivity contribution in [3.05, 3.63) is 18.7 Å². The van der Waals surface area contributed by atoms with E-state index in [-0.39, 0.29) is 41.5 Å². The van der Waals surface area contributed by atoms with E-state index in [0.29, 0.717) is 11.6 Å². The smallest absolute Gasteiger partial charge is 0.309 e. The highest BCUT2D eigenvalue weighted by atomic mass is 32.1. The molecule has 2 aliphatic carbocycles. The van der Waals surface area contributed by atoms with Crippen molar-refractivity contribution in [3.63, 3.8) is 0 Å². The third-order valence-electron chi connectivity index (χ3n) is 5.30. The molecule has 0 radical (unpaired) electrons. The van der Waals surface area contributed by atoms with Gasteiger partial charge in [0.25, 0.3) is 5.17 Å². The number of ether oxygens (including phenoxy) is 2. The number of ketones is 1. The molecule has 0 saturated heterocycles. The van der Waals surface area contributed by atoms with Crippen LogP contribution in [0, 0.1) is 23.7 Å². The predicted molar refractivity (Wildman–Crippen MR) is 90.2 cm³/mol. The van der Waals surface area contributed by atoms with Crippen LogP contribution < -0.4 is 0 Å². The molecule has 2 fully saturated rings. The fourth-order valence-electron chi connectivity index (χ4n) is 4.24. The van der Waals surface area contributed by atoms with Gasteiger partial charge in [0.15, 0.2) is 0 Å². The maximum absolute atomic E-state index is 12.5. The number of imidazole rings is 1. The molecule has 1 heterocycles. The topological polar surface area (TPSA) is 70.4 Å². The number of hydrogen-bond acceptors (Lipinski definition) is 6. The Labute approximate surface area is 146 Å². The molecule has 130 valence electrons. The van der Waals surface area contributed by atoms with E-state index in [0.717, 1.165) is 19.3 Å². The number of carbonyl (C=O) groups is 2. The molecule has 1 aromatic heterocycles. The standard InChI is InChI=1S/C17H22N2O4S/c1-10-8-12(20)11-4-3-5-13(15(11)14(10)16(21)22-2)23-17(24)19-7-6-18-9-19/h6-7,9-11,13-15H,3-5,8H2,1-2H3. The Morgan fingerprint density at radius 3 is 2.88 bits per heavy atom. The lowest BCUT2D eigenvalue weighted by Gasteiger charge is -2.45. The Hall–Kier alpha value is -1.76. The number of carbonyl (C=O) groups excluding carboxylic acids is 2. The molecule has 3 rings (SSSR count). The number of aromatic nitrogens is 2. The minimum absolute atomic E-state index is 0.0442. The van der Waals surface area contributed by atoms with E-state index < -0.39 is 0 Å². The lowest BCUT2D eigenvalue weighted by Crippen LogP contribution is -2.52. The second-order valence-corrected chi connectivity index (χ2v) is 7.05. The Morgan fingerprint density at radius 2 is 2.21 bits per heavy atom. The Bertz CT molecular complexity index is 631. The SMILES string of the molecule is COC(=O)C1C(C)CC(=O)C2CCCC(OC(=S)n3ccnc3)C21. The Balaban J connectivity index is 1.86. The van der Waals surface area contributed by atoms with Gasteiger partial charge in [0.2, 0.25) is 0 Å². The first-order valence-electron chi connectivity index (χ1n) is 8.32. The average Bonchev–Trinajstić information content (AvgIpc) is 3.09. The second kappa shape index (κ2) is 7.01. The van der Waals surface area contributed by atoms with Gasteiger partial charge in [-0.3, -0.25) is 14.2 Å². The van der Waals surface area contributed by atoms with Crippen LogP contribution in [-0.4, -0.2) is 39.7 Å². The highest BCUT2D eigenvalue weighted by Crippen LogP contribution is 2.46. The Morgan fingerprint density at radius 1 is 1.42 bits per heavy atom. The molecule has 5 unspecified atom stereocenters. The summed E-state index contributed by atoms with van der Waals surface area (Å²) in [5.41, 5.74) is 0. The van der Waals surface area contributed by atoms with Crippen LogP contribution in [0.25, 0.3) is 0 Å². The fourth-order valence-corrected chi connectivity index (χ4v) is 4.47. The molecular weight excluding hydrogens is 328 g/mol. The first-order chi connectivity index (χ1) is 11.5. The van der Waals surface area contributed by atoms with E-state index in [4.69, 9.17) is 21.7 Å². The number of nitrogens with zero attached hydrogens (tertiary/aromatic N) is 2. The van der Waals surface area contributed by atoms with Crippen molar-refractivity contribution in [3.8, 4) is 0 Å². The van der Waals surface area contributed by atoms with Crippen LogP contribution >= 0.6 is 12.2 Å². The van der Waals surface area contributed by atoms with Crippen molar-refractivity contribution in [2.24, 2.45) is 23.7 Å². The van der Waals surface area contributed by atoms with Crippen molar-refractivity contribution in [2.75, 3.05) is 7.11 Å². The highest BCUT2D eigenvalue weighted by molar-refractivity contribution is 7.80. The monoisotopic (exact) mass is 350 g/mol. The van der Waals surface area contributed by atoms with Gasteiger partial charge in [0.1, 0.15) is 18.2 Å². The number of Topliss-reactive ketones (excluding diaryl/α,β-unsaturated/α-hetero) is 1. The van der Waals surface area contributed by atoms with Gasteiger partial charge in [-0.2, -0.15) is 0 Å². The minimum Gasteiger partial charge on any atom is -0.469 e. The van der Waals surface area contributed by atoms with E-state index in [1.54, 1.807) is 23.3 Å². The maximum Gasteiger partial charge on any atom is 0.309 e. The van der Waals surface area contributed by atoms with Gasteiger partial charge in [-0.15, -0.1) is 0 Å². The summed E-state index contributed by atoms with van der Waals surface area (Å²) in [6.45, 7) is 1.94. The summed E-state index contributed by atoms with van der Waals surface area (Å²) in [6.07, 6.45) is 7.58. The summed E-state index contributed by atoms with van der Waals surface area (Å²) in [5.74, 6) is -0.715. The summed E-state index contributed by atoms with van der Waals surface area (Å²) in [6, 6.07) is 0. The van der Waals surface area contributed by atoms with E-state index in [1.807, 2.05) is 6.92 Å². The van der Waals surface area contributed by atoms with Crippen molar-refractivity contribution in [1.29, 1.82) is 0 Å². The van der Waals surface area contributed by atoms with E-state index in [2.05, 4.69) is 4.98 Å². The summed E-state index contributed by atoms with van der Waals surface area (Å²) in [5, 5.41) is 0.299. The number of hydrogen-bond donors (Lipinski definition) is 0.